The minimum absolute atomic E-state index is 0.0504. The van der Waals surface area contributed by atoms with Gasteiger partial charge >= 0.3 is 0 Å². The van der Waals surface area contributed by atoms with Gasteiger partial charge in [0, 0.05) is 43.7 Å². The van der Waals surface area contributed by atoms with Crippen molar-refractivity contribution in [1.29, 1.82) is 10.5 Å². The van der Waals surface area contributed by atoms with E-state index < -0.39 is 0 Å². The van der Waals surface area contributed by atoms with Crippen LogP contribution in [0, 0.1) is 22.7 Å². The molecule has 228 valence electrons. The molecule has 4 heterocycles. The fourth-order valence-corrected chi connectivity index (χ4v) is 7.63. The van der Waals surface area contributed by atoms with Gasteiger partial charge in [0.25, 0.3) is 0 Å². The summed E-state index contributed by atoms with van der Waals surface area (Å²) in [7, 11) is 0. The van der Waals surface area contributed by atoms with E-state index in [1.54, 1.807) is 0 Å². The third kappa shape index (κ3) is 3.94. The molecule has 5 aromatic carbocycles. The maximum atomic E-state index is 9.66. The number of fused-ring (bicyclic) bond motifs is 9. The molecule has 10 rings (SSSR count). The molecule has 1 aliphatic rings. The minimum atomic E-state index is -0.0627. The number of benzene rings is 5. The van der Waals surface area contributed by atoms with Crippen LogP contribution in [-0.2, 0) is 0 Å². The number of hydrogen-bond donors (Lipinski definition) is 0. The van der Waals surface area contributed by atoms with Crippen molar-refractivity contribution >= 4 is 65.7 Å². The van der Waals surface area contributed by atoms with E-state index in [4.69, 9.17) is 4.42 Å². The highest BCUT2D eigenvalue weighted by Gasteiger charge is 2.20. The van der Waals surface area contributed by atoms with Crippen LogP contribution in [0.25, 0.3) is 82.5 Å². The van der Waals surface area contributed by atoms with E-state index in [1.165, 1.54) is 27.4 Å². The van der Waals surface area contributed by atoms with Crippen molar-refractivity contribution in [3.05, 3.63) is 139 Å². The quantitative estimate of drug-likeness (QED) is 0.194. The Kier molecular flexibility index (Phi) is 5.70. The molecule has 1 unspecified atom stereocenters. The van der Waals surface area contributed by atoms with Gasteiger partial charge in [-0.2, -0.15) is 10.5 Å². The lowest BCUT2D eigenvalue weighted by atomic mass is 10.0. The standard InChI is InChI=1S/C42H24N6O/c43-23-34-42-41(46-40(24-44)45-34)33-22-28(16-19-39(33)49-42)48-36-13-7-5-11-30(36)32-21-26(15-18-38(32)48)25-14-17-37-31(20-25)29-10-4-6-12-35(29)47(37)27-8-2-1-3-9-27/h1-8,10-22,27H,9H2. The third-order valence-corrected chi connectivity index (χ3v) is 9.77. The van der Waals surface area contributed by atoms with E-state index in [0.717, 1.165) is 44.9 Å². The lowest BCUT2D eigenvalue weighted by Crippen LogP contribution is -2.06. The Bertz CT molecular complexity index is 3010. The summed E-state index contributed by atoms with van der Waals surface area (Å²) < 4.78 is 10.7. The Balaban J connectivity index is 1.16. The molecule has 0 radical (unpaired) electrons. The highest BCUT2D eigenvalue weighted by molar-refractivity contribution is 6.13. The van der Waals surface area contributed by atoms with E-state index in [9.17, 15) is 10.5 Å². The van der Waals surface area contributed by atoms with Gasteiger partial charge in [-0.25, -0.2) is 9.97 Å². The summed E-state index contributed by atoms with van der Waals surface area (Å²) in [4.78, 5) is 8.45. The monoisotopic (exact) mass is 628 g/mol. The van der Waals surface area contributed by atoms with Crippen molar-refractivity contribution in [2.45, 2.75) is 12.5 Å². The number of para-hydroxylation sites is 2. The second-order valence-electron chi connectivity index (χ2n) is 12.4. The van der Waals surface area contributed by atoms with E-state index in [2.05, 4.69) is 128 Å². The van der Waals surface area contributed by atoms with Crippen LogP contribution in [0.2, 0.25) is 0 Å². The number of nitriles is 2. The molecular formula is C42H24N6O. The molecule has 9 aromatic rings. The first-order valence-corrected chi connectivity index (χ1v) is 16.1. The molecule has 7 heteroatoms. The van der Waals surface area contributed by atoms with Crippen molar-refractivity contribution in [2.75, 3.05) is 0 Å². The lowest BCUT2D eigenvalue weighted by Gasteiger charge is -2.18. The van der Waals surface area contributed by atoms with Crippen LogP contribution < -0.4 is 0 Å². The molecule has 0 fully saturated rings. The number of furan rings is 1. The predicted octanol–water partition coefficient (Wildman–Crippen LogP) is 10.0. The van der Waals surface area contributed by atoms with Gasteiger partial charge in [-0.1, -0.05) is 72.8 Å². The van der Waals surface area contributed by atoms with Crippen LogP contribution in [0.1, 0.15) is 24.0 Å². The SMILES string of the molecule is N#Cc1nc(C#N)c2oc3ccc(-n4c5ccccc5c5cc(-c6ccc7c(c6)c6ccccc6n7C6C=CC=CC6)ccc54)cc3c2n1. The molecule has 0 aliphatic heterocycles. The van der Waals surface area contributed by atoms with Crippen LogP contribution in [0.15, 0.2) is 132 Å². The largest absolute Gasteiger partial charge is 0.451 e. The normalized spacial score (nSPS) is 14.4. The predicted molar refractivity (Wildman–Crippen MR) is 193 cm³/mol. The fraction of sp³-hybridized carbons (Fsp3) is 0.0476. The van der Waals surface area contributed by atoms with Gasteiger partial charge in [-0.05, 0) is 72.1 Å². The molecule has 49 heavy (non-hydrogen) atoms. The van der Waals surface area contributed by atoms with E-state index in [-0.39, 0.29) is 23.1 Å². The van der Waals surface area contributed by atoms with Gasteiger partial charge in [0.15, 0.2) is 11.3 Å². The maximum Gasteiger partial charge on any atom is 0.234 e. The Hall–Kier alpha value is -6.96. The zero-order valence-electron chi connectivity index (χ0n) is 26.0. The van der Waals surface area contributed by atoms with Crippen molar-refractivity contribution in [2.24, 2.45) is 0 Å². The first-order valence-electron chi connectivity index (χ1n) is 16.1. The molecule has 1 atom stereocenters. The van der Waals surface area contributed by atoms with Gasteiger partial charge in [0.1, 0.15) is 23.2 Å². The molecule has 0 N–H and O–H groups in total. The molecule has 0 spiro atoms. The highest BCUT2D eigenvalue weighted by atomic mass is 16.3. The zero-order chi connectivity index (χ0) is 32.6. The summed E-state index contributed by atoms with van der Waals surface area (Å²) in [6.45, 7) is 0. The van der Waals surface area contributed by atoms with Gasteiger partial charge < -0.3 is 13.6 Å². The maximum absolute atomic E-state index is 9.66. The summed E-state index contributed by atoms with van der Waals surface area (Å²) in [6, 6.07) is 40.9. The molecular weight excluding hydrogens is 605 g/mol. The van der Waals surface area contributed by atoms with E-state index >= 15 is 0 Å². The van der Waals surface area contributed by atoms with Gasteiger partial charge in [-0.3, -0.25) is 0 Å². The Morgan fingerprint density at radius 2 is 1.35 bits per heavy atom. The molecule has 0 saturated heterocycles. The van der Waals surface area contributed by atoms with Gasteiger partial charge in [0.2, 0.25) is 5.82 Å². The molecule has 1 aliphatic carbocycles. The zero-order valence-corrected chi connectivity index (χ0v) is 26.0. The smallest absolute Gasteiger partial charge is 0.234 e. The lowest BCUT2D eigenvalue weighted by molar-refractivity contribution is 0.648. The molecule has 4 aromatic heterocycles. The Labute approximate surface area is 279 Å². The topological polar surface area (TPSA) is 96.4 Å². The minimum Gasteiger partial charge on any atom is -0.451 e. The summed E-state index contributed by atoms with van der Waals surface area (Å²) in [5.74, 6) is -0.0627. The number of hydrogen-bond acceptors (Lipinski definition) is 5. The van der Waals surface area contributed by atoms with Crippen LogP contribution in [0.3, 0.4) is 0 Å². The van der Waals surface area contributed by atoms with Crippen molar-refractivity contribution in [3.63, 3.8) is 0 Å². The molecule has 0 saturated carbocycles. The first kappa shape index (κ1) is 27.2. The van der Waals surface area contributed by atoms with Crippen LogP contribution >= 0.6 is 0 Å². The average Bonchev–Trinajstić information content (AvgIpc) is 3.81. The number of rotatable bonds is 3. The van der Waals surface area contributed by atoms with Crippen molar-refractivity contribution in [1.82, 2.24) is 19.1 Å². The van der Waals surface area contributed by atoms with Crippen LogP contribution in [0.4, 0.5) is 0 Å². The first-order chi connectivity index (χ1) is 24.2. The number of aromatic nitrogens is 4. The molecule has 0 bridgehead atoms. The average molecular weight is 629 g/mol. The number of allylic oxidation sites excluding steroid dienone is 4. The third-order valence-electron chi connectivity index (χ3n) is 9.77. The summed E-state index contributed by atoms with van der Waals surface area (Å²) >= 11 is 0. The van der Waals surface area contributed by atoms with Crippen molar-refractivity contribution < 1.29 is 4.42 Å². The van der Waals surface area contributed by atoms with Crippen molar-refractivity contribution in [3.8, 4) is 29.0 Å². The second kappa shape index (κ2) is 10.3. The summed E-state index contributed by atoms with van der Waals surface area (Å²) in [5, 5.41) is 24.7. The number of nitrogens with zero attached hydrogens (tertiary/aromatic N) is 6. The second-order valence-corrected chi connectivity index (χ2v) is 12.4. The summed E-state index contributed by atoms with van der Waals surface area (Å²) in [6.07, 6.45) is 9.78. The Morgan fingerprint density at radius 1 is 0.653 bits per heavy atom. The Morgan fingerprint density at radius 3 is 2.10 bits per heavy atom. The van der Waals surface area contributed by atoms with Crippen LogP contribution in [0.5, 0.6) is 0 Å². The molecule has 7 nitrogen and oxygen atoms in total. The molecule has 0 amide bonds. The van der Waals surface area contributed by atoms with E-state index in [0.29, 0.717) is 11.1 Å². The van der Waals surface area contributed by atoms with Gasteiger partial charge in [0.05, 0.1) is 17.1 Å². The fourth-order valence-electron chi connectivity index (χ4n) is 7.63. The van der Waals surface area contributed by atoms with E-state index in [1.807, 2.05) is 30.3 Å². The highest BCUT2D eigenvalue weighted by Crippen LogP contribution is 2.40. The van der Waals surface area contributed by atoms with Crippen LogP contribution in [-0.4, -0.2) is 19.1 Å². The van der Waals surface area contributed by atoms with Gasteiger partial charge in [-0.15, -0.1) is 0 Å². The summed E-state index contributed by atoms with van der Waals surface area (Å²) in [5.41, 5.74) is 9.23.